The highest BCUT2D eigenvalue weighted by molar-refractivity contribution is 5.59. The molecular weight excluding hydrogens is 236 g/mol. The molecule has 0 atom stereocenters. The van der Waals surface area contributed by atoms with Crippen LogP contribution < -0.4 is 10.6 Å². The summed E-state index contributed by atoms with van der Waals surface area (Å²) in [6.45, 7) is 2.72. The van der Waals surface area contributed by atoms with Crippen LogP contribution in [-0.2, 0) is 13.0 Å². The second-order valence-corrected chi connectivity index (χ2v) is 4.55. The molecule has 1 aromatic heterocycles. The van der Waals surface area contributed by atoms with E-state index in [1.807, 2.05) is 25.2 Å². The van der Waals surface area contributed by atoms with E-state index in [9.17, 15) is 0 Å². The molecule has 19 heavy (non-hydrogen) atoms. The average Bonchev–Trinajstić information content (AvgIpc) is 2.47. The van der Waals surface area contributed by atoms with E-state index in [1.165, 1.54) is 0 Å². The largest absolute Gasteiger partial charge is 0.329 e. The third-order valence-electron chi connectivity index (χ3n) is 3.12. The highest BCUT2D eigenvalue weighted by Crippen LogP contribution is 2.22. The van der Waals surface area contributed by atoms with Gasteiger partial charge in [0.1, 0.15) is 12.1 Å². The first-order valence-corrected chi connectivity index (χ1v) is 6.58. The molecule has 0 unspecified atom stereocenters. The molecule has 2 aromatic rings. The molecule has 1 aromatic carbocycles. The third kappa shape index (κ3) is 3.29. The summed E-state index contributed by atoms with van der Waals surface area (Å²) in [5, 5.41) is 0. The summed E-state index contributed by atoms with van der Waals surface area (Å²) in [7, 11) is 2.01. The first-order valence-electron chi connectivity index (χ1n) is 6.58. The normalized spacial score (nSPS) is 10.5. The van der Waals surface area contributed by atoms with E-state index >= 15 is 0 Å². The fourth-order valence-corrected chi connectivity index (χ4v) is 1.95. The van der Waals surface area contributed by atoms with Gasteiger partial charge in [0.05, 0.1) is 0 Å². The second-order valence-electron chi connectivity index (χ2n) is 4.55. The Hall–Kier alpha value is -1.94. The van der Waals surface area contributed by atoms with E-state index in [1.54, 1.807) is 6.33 Å². The maximum Gasteiger partial charge on any atom is 0.136 e. The number of aryl methyl sites for hydroxylation is 1. The molecule has 2 rings (SSSR count). The topological polar surface area (TPSA) is 55.0 Å². The average molecular weight is 256 g/mol. The molecule has 0 fully saturated rings. The molecule has 4 nitrogen and oxygen atoms in total. The molecule has 0 aliphatic rings. The summed E-state index contributed by atoms with van der Waals surface area (Å²) < 4.78 is 0. The van der Waals surface area contributed by atoms with Crippen molar-refractivity contribution in [2.75, 3.05) is 11.9 Å². The van der Waals surface area contributed by atoms with Gasteiger partial charge in [-0.1, -0.05) is 25.5 Å². The fourth-order valence-electron chi connectivity index (χ4n) is 1.95. The van der Waals surface area contributed by atoms with Gasteiger partial charge < -0.3 is 10.6 Å². The zero-order valence-electron chi connectivity index (χ0n) is 11.5. The summed E-state index contributed by atoms with van der Waals surface area (Å²) in [4.78, 5) is 10.7. The van der Waals surface area contributed by atoms with Crippen LogP contribution in [0.25, 0.3) is 0 Å². The molecule has 1 heterocycles. The maximum absolute atomic E-state index is 5.61. The number of aromatic nitrogens is 2. The standard InChI is InChI=1S/C15H20N4/c1-3-4-13-9-15(18-11-17-13)19(2)14-7-5-12(10-16)6-8-14/h5-9,11H,3-4,10,16H2,1-2H3. The van der Waals surface area contributed by atoms with Crippen LogP contribution in [0.3, 0.4) is 0 Å². The summed E-state index contributed by atoms with van der Waals surface area (Å²) in [6, 6.07) is 10.2. The van der Waals surface area contributed by atoms with Crippen molar-refractivity contribution in [1.29, 1.82) is 0 Å². The lowest BCUT2D eigenvalue weighted by molar-refractivity contribution is 0.869. The quantitative estimate of drug-likeness (QED) is 0.893. The fraction of sp³-hybridized carbons (Fsp3) is 0.333. The van der Waals surface area contributed by atoms with Crippen LogP contribution >= 0.6 is 0 Å². The van der Waals surface area contributed by atoms with Gasteiger partial charge in [0.2, 0.25) is 0 Å². The zero-order valence-corrected chi connectivity index (χ0v) is 11.5. The van der Waals surface area contributed by atoms with Crippen molar-refractivity contribution in [2.45, 2.75) is 26.3 Å². The van der Waals surface area contributed by atoms with Crippen molar-refractivity contribution < 1.29 is 0 Å². The first kappa shape index (κ1) is 13.5. The van der Waals surface area contributed by atoms with Gasteiger partial charge in [0, 0.05) is 31.0 Å². The predicted molar refractivity (Wildman–Crippen MR) is 78.4 cm³/mol. The van der Waals surface area contributed by atoms with Gasteiger partial charge in [-0.05, 0) is 24.1 Å². The molecule has 4 heteroatoms. The Morgan fingerprint density at radius 3 is 2.53 bits per heavy atom. The van der Waals surface area contributed by atoms with Crippen LogP contribution in [0.4, 0.5) is 11.5 Å². The number of rotatable bonds is 5. The molecule has 0 saturated carbocycles. The van der Waals surface area contributed by atoms with Crippen molar-refractivity contribution in [2.24, 2.45) is 5.73 Å². The van der Waals surface area contributed by atoms with E-state index in [2.05, 4.69) is 33.9 Å². The van der Waals surface area contributed by atoms with Crippen LogP contribution in [0.15, 0.2) is 36.7 Å². The number of nitrogens with two attached hydrogens (primary N) is 1. The van der Waals surface area contributed by atoms with Crippen molar-refractivity contribution in [3.05, 3.63) is 47.9 Å². The van der Waals surface area contributed by atoms with E-state index < -0.39 is 0 Å². The lowest BCUT2D eigenvalue weighted by atomic mass is 10.2. The molecular formula is C15H20N4. The Bertz CT molecular complexity index is 522. The van der Waals surface area contributed by atoms with Gasteiger partial charge in [0.15, 0.2) is 0 Å². The number of nitrogens with zero attached hydrogens (tertiary/aromatic N) is 3. The van der Waals surface area contributed by atoms with Crippen LogP contribution in [0.2, 0.25) is 0 Å². The third-order valence-corrected chi connectivity index (χ3v) is 3.12. The lowest BCUT2D eigenvalue weighted by Crippen LogP contribution is -2.12. The van der Waals surface area contributed by atoms with Gasteiger partial charge in [0.25, 0.3) is 0 Å². The summed E-state index contributed by atoms with van der Waals surface area (Å²) in [5.41, 5.74) is 8.91. The number of benzene rings is 1. The Morgan fingerprint density at radius 1 is 1.16 bits per heavy atom. The predicted octanol–water partition coefficient (Wildman–Crippen LogP) is 2.66. The Kier molecular flexibility index (Phi) is 4.47. The van der Waals surface area contributed by atoms with Crippen LogP contribution in [-0.4, -0.2) is 17.0 Å². The summed E-state index contributed by atoms with van der Waals surface area (Å²) in [6.07, 6.45) is 3.70. The van der Waals surface area contributed by atoms with E-state index in [0.29, 0.717) is 6.54 Å². The first-order chi connectivity index (χ1) is 9.24. The lowest BCUT2D eigenvalue weighted by Gasteiger charge is -2.18. The minimum absolute atomic E-state index is 0.568. The second kappa shape index (κ2) is 6.29. The summed E-state index contributed by atoms with van der Waals surface area (Å²) >= 11 is 0. The highest BCUT2D eigenvalue weighted by Gasteiger charge is 2.06. The minimum atomic E-state index is 0.568. The van der Waals surface area contributed by atoms with Gasteiger partial charge in [-0.2, -0.15) is 0 Å². The van der Waals surface area contributed by atoms with E-state index in [4.69, 9.17) is 5.73 Å². The Morgan fingerprint density at radius 2 is 1.89 bits per heavy atom. The number of anilines is 2. The van der Waals surface area contributed by atoms with Crippen molar-refractivity contribution in [1.82, 2.24) is 9.97 Å². The molecule has 100 valence electrons. The van der Waals surface area contributed by atoms with Gasteiger partial charge in [-0.3, -0.25) is 0 Å². The Labute approximate surface area is 114 Å². The monoisotopic (exact) mass is 256 g/mol. The van der Waals surface area contributed by atoms with Gasteiger partial charge >= 0.3 is 0 Å². The van der Waals surface area contributed by atoms with Gasteiger partial charge in [-0.15, -0.1) is 0 Å². The molecule has 2 N–H and O–H groups in total. The number of hydrogen-bond donors (Lipinski definition) is 1. The molecule has 0 amide bonds. The van der Waals surface area contributed by atoms with Crippen molar-refractivity contribution in [3.63, 3.8) is 0 Å². The van der Waals surface area contributed by atoms with Crippen LogP contribution in [0.5, 0.6) is 0 Å². The highest BCUT2D eigenvalue weighted by atomic mass is 15.2. The number of hydrogen-bond acceptors (Lipinski definition) is 4. The maximum atomic E-state index is 5.61. The van der Waals surface area contributed by atoms with Gasteiger partial charge in [-0.25, -0.2) is 9.97 Å². The zero-order chi connectivity index (χ0) is 13.7. The molecule has 0 saturated heterocycles. The molecule has 0 radical (unpaired) electrons. The molecule has 0 bridgehead atoms. The van der Waals surface area contributed by atoms with E-state index in [0.717, 1.165) is 35.6 Å². The smallest absolute Gasteiger partial charge is 0.136 e. The molecule has 0 aliphatic heterocycles. The minimum Gasteiger partial charge on any atom is -0.329 e. The van der Waals surface area contributed by atoms with E-state index in [-0.39, 0.29) is 0 Å². The SMILES string of the molecule is CCCc1cc(N(C)c2ccc(CN)cc2)ncn1. The van der Waals surface area contributed by atoms with Crippen molar-refractivity contribution in [3.8, 4) is 0 Å². The Balaban J connectivity index is 2.22. The van der Waals surface area contributed by atoms with Crippen LogP contribution in [0.1, 0.15) is 24.6 Å². The molecule has 0 aliphatic carbocycles. The molecule has 0 spiro atoms. The van der Waals surface area contributed by atoms with Crippen molar-refractivity contribution >= 4 is 11.5 Å². The summed E-state index contributed by atoms with van der Waals surface area (Å²) in [5.74, 6) is 0.916. The van der Waals surface area contributed by atoms with Crippen LogP contribution in [0, 0.1) is 0 Å².